The molecule has 0 spiro atoms. The number of benzene rings is 2. The van der Waals surface area contributed by atoms with Gasteiger partial charge in [0.1, 0.15) is 11.3 Å². The van der Waals surface area contributed by atoms with Gasteiger partial charge in [-0.25, -0.2) is 4.79 Å². The van der Waals surface area contributed by atoms with Gasteiger partial charge in [0.15, 0.2) is 0 Å². The quantitative estimate of drug-likeness (QED) is 0.257. The number of unbranched alkanes of at least 4 members (excludes halogenated alkanes) is 3. The molecular weight excluding hydrogens is 427 g/mol. The van der Waals surface area contributed by atoms with Crippen molar-refractivity contribution in [3.8, 4) is 5.75 Å². The third-order valence-corrected chi connectivity index (χ3v) is 5.18. The fourth-order valence-electron chi connectivity index (χ4n) is 2.92. The molecule has 2 aromatic rings. The van der Waals surface area contributed by atoms with Crippen molar-refractivity contribution in [2.24, 2.45) is 5.92 Å². The lowest BCUT2D eigenvalue weighted by Gasteiger charge is -2.13. The number of fused-ring (bicyclic) bond motifs is 1. The molecule has 0 fully saturated rings. The standard InChI is InChI=1S/C21H27IO3/c1-15(2)10-6-4-5-9-13-25-21(23)20-17-12-8-7-11-16(17)18(22)14-19(20)24-3/h7-8,11-12,14-15H,4-6,9-10,13H2,1-3H3. The van der Waals surface area contributed by atoms with E-state index in [-0.39, 0.29) is 5.97 Å². The number of hydrogen-bond acceptors (Lipinski definition) is 3. The van der Waals surface area contributed by atoms with Crippen molar-refractivity contribution in [3.63, 3.8) is 0 Å². The predicted molar refractivity (Wildman–Crippen MR) is 111 cm³/mol. The van der Waals surface area contributed by atoms with Crippen molar-refractivity contribution in [1.29, 1.82) is 0 Å². The molecule has 0 aliphatic rings. The number of halogens is 1. The zero-order valence-corrected chi connectivity index (χ0v) is 17.5. The van der Waals surface area contributed by atoms with E-state index in [4.69, 9.17) is 9.47 Å². The van der Waals surface area contributed by atoms with Crippen LogP contribution in [0.2, 0.25) is 0 Å². The molecule has 25 heavy (non-hydrogen) atoms. The van der Waals surface area contributed by atoms with Gasteiger partial charge < -0.3 is 9.47 Å². The van der Waals surface area contributed by atoms with E-state index in [2.05, 4.69) is 36.4 Å². The molecule has 0 amide bonds. The Labute approximate surface area is 164 Å². The Morgan fingerprint density at radius 3 is 2.44 bits per heavy atom. The molecule has 0 unspecified atom stereocenters. The summed E-state index contributed by atoms with van der Waals surface area (Å²) < 4.78 is 12.0. The number of hydrogen-bond donors (Lipinski definition) is 0. The predicted octanol–water partition coefficient (Wildman–Crippen LogP) is 6.22. The maximum atomic E-state index is 12.6. The van der Waals surface area contributed by atoms with Crippen LogP contribution in [0.15, 0.2) is 30.3 Å². The van der Waals surface area contributed by atoms with E-state index in [0.29, 0.717) is 17.9 Å². The first-order valence-corrected chi connectivity index (χ1v) is 10.0. The van der Waals surface area contributed by atoms with Crippen LogP contribution >= 0.6 is 22.6 Å². The van der Waals surface area contributed by atoms with Gasteiger partial charge in [-0.15, -0.1) is 0 Å². The summed E-state index contributed by atoms with van der Waals surface area (Å²) in [6.07, 6.45) is 5.73. The van der Waals surface area contributed by atoms with Crippen molar-refractivity contribution >= 4 is 39.3 Å². The SMILES string of the molecule is COc1cc(I)c2ccccc2c1C(=O)OCCCCCCC(C)C. The Morgan fingerprint density at radius 2 is 1.76 bits per heavy atom. The van der Waals surface area contributed by atoms with Crippen LogP contribution < -0.4 is 4.74 Å². The van der Waals surface area contributed by atoms with E-state index in [1.807, 2.05) is 30.3 Å². The number of rotatable bonds is 9. The minimum Gasteiger partial charge on any atom is -0.496 e. The molecule has 136 valence electrons. The van der Waals surface area contributed by atoms with Crippen molar-refractivity contribution in [2.75, 3.05) is 13.7 Å². The molecular formula is C21H27IO3. The van der Waals surface area contributed by atoms with Gasteiger partial charge in [0.05, 0.1) is 13.7 Å². The molecule has 0 aliphatic carbocycles. The van der Waals surface area contributed by atoms with Crippen LogP contribution in [-0.2, 0) is 4.74 Å². The van der Waals surface area contributed by atoms with Crippen molar-refractivity contribution in [3.05, 3.63) is 39.5 Å². The van der Waals surface area contributed by atoms with Crippen LogP contribution in [0.4, 0.5) is 0 Å². The summed E-state index contributed by atoms with van der Waals surface area (Å²) >= 11 is 2.27. The Balaban J connectivity index is 1.98. The van der Waals surface area contributed by atoms with E-state index in [1.165, 1.54) is 19.3 Å². The zero-order chi connectivity index (χ0) is 18.2. The van der Waals surface area contributed by atoms with Crippen LogP contribution in [0, 0.1) is 9.49 Å². The second-order valence-corrected chi connectivity index (χ2v) is 7.88. The van der Waals surface area contributed by atoms with Gasteiger partial charge in [-0.1, -0.05) is 63.8 Å². The second-order valence-electron chi connectivity index (χ2n) is 6.71. The smallest absolute Gasteiger partial charge is 0.342 e. The minimum absolute atomic E-state index is 0.299. The molecule has 0 bridgehead atoms. The molecule has 4 heteroatoms. The molecule has 0 saturated heterocycles. The van der Waals surface area contributed by atoms with Crippen molar-refractivity contribution in [1.82, 2.24) is 0 Å². The Hall–Kier alpha value is -1.30. The number of methoxy groups -OCH3 is 1. The summed E-state index contributed by atoms with van der Waals surface area (Å²) in [4.78, 5) is 12.6. The topological polar surface area (TPSA) is 35.5 Å². The highest BCUT2D eigenvalue weighted by Crippen LogP contribution is 2.32. The highest BCUT2D eigenvalue weighted by Gasteiger charge is 2.19. The third kappa shape index (κ3) is 5.59. The van der Waals surface area contributed by atoms with E-state index in [1.54, 1.807) is 7.11 Å². The number of esters is 1. The molecule has 0 heterocycles. The second kappa shape index (κ2) is 10.00. The molecule has 3 nitrogen and oxygen atoms in total. The molecule has 0 N–H and O–H groups in total. The largest absolute Gasteiger partial charge is 0.496 e. The summed E-state index contributed by atoms with van der Waals surface area (Å²) in [6, 6.07) is 9.77. The maximum Gasteiger partial charge on any atom is 0.342 e. The number of ether oxygens (including phenoxy) is 2. The molecule has 0 radical (unpaired) electrons. The van der Waals surface area contributed by atoms with E-state index in [0.717, 1.165) is 33.1 Å². The summed E-state index contributed by atoms with van der Waals surface area (Å²) in [7, 11) is 1.59. The van der Waals surface area contributed by atoms with Gasteiger partial charge in [0.25, 0.3) is 0 Å². The van der Waals surface area contributed by atoms with Gasteiger partial charge in [-0.05, 0) is 46.4 Å². The van der Waals surface area contributed by atoms with Crippen molar-refractivity contribution in [2.45, 2.75) is 46.0 Å². The van der Waals surface area contributed by atoms with Gasteiger partial charge in [-0.2, -0.15) is 0 Å². The van der Waals surface area contributed by atoms with Crippen LogP contribution in [-0.4, -0.2) is 19.7 Å². The van der Waals surface area contributed by atoms with Gasteiger partial charge in [0, 0.05) is 8.96 Å². The Morgan fingerprint density at radius 1 is 1.08 bits per heavy atom. The van der Waals surface area contributed by atoms with E-state index >= 15 is 0 Å². The van der Waals surface area contributed by atoms with Crippen LogP contribution in [0.25, 0.3) is 10.8 Å². The summed E-state index contributed by atoms with van der Waals surface area (Å²) in [5.41, 5.74) is 0.526. The minimum atomic E-state index is -0.299. The summed E-state index contributed by atoms with van der Waals surface area (Å²) in [5.74, 6) is 1.04. The van der Waals surface area contributed by atoms with E-state index in [9.17, 15) is 4.79 Å². The molecule has 0 saturated carbocycles. The first-order valence-electron chi connectivity index (χ1n) is 8.97. The van der Waals surface area contributed by atoms with Crippen LogP contribution in [0.3, 0.4) is 0 Å². The third-order valence-electron chi connectivity index (χ3n) is 4.29. The first-order chi connectivity index (χ1) is 12.0. The van der Waals surface area contributed by atoms with Gasteiger partial charge >= 0.3 is 5.97 Å². The van der Waals surface area contributed by atoms with Gasteiger partial charge in [-0.3, -0.25) is 0 Å². The highest BCUT2D eigenvalue weighted by molar-refractivity contribution is 14.1. The first kappa shape index (κ1) is 20.0. The highest BCUT2D eigenvalue weighted by atomic mass is 127. The lowest BCUT2D eigenvalue weighted by molar-refractivity contribution is 0.0496. The number of carbonyl (C=O) groups is 1. The molecule has 0 aromatic heterocycles. The Kier molecular flexibility index (Phi) is 8.00. The normalized spacial score (nSPS) is 11.1. The molecule has 0 atom stereocenters. The average Bonchev–Trinajstić information content (AvgIpc) is 2.60. The molecule has 2 aromatic carbocycles. The average molecular weight is 454 g/mol. The van der Waals surface area contributed by atoms with Crippen LogP contribution in [0.1, 0.15) is 56.3 Å². The van der Waals surface area contributed by atoms with Crippen LogP contribution in [0.5, 0.6) is 5.75 Å². The van der Waals surface area contributed by atoms with Crippen molar-refractivity contribution < 1.29 is 14.3 Å². The lowest BCUT2D eigenvalue weighted by Crippen LogP contribution is -2.09. The fraction of sp³-hybridized carbons (Fsp3) is 0.476. The summed E-state index contributed by atoms with van der Waals surface area (Å²) in [5, 5.41) is 1.93. The fourth-order valence-corrected chi connectivity index (χ4v) is 3.68. The zero-order valence-electron chi connectivity index (χ0n) is 15.3. The van der Waals surface area contributed by atoms with E-state index < -0.39 is 0 Å². The Bertz CT molecular complexity index is 710. The van der Waals surface area contributed by atoms with Gasteiger partial charge in [0.2, 0.25) is 0 Å². The number of carbonyl (C=O) groups excluding carboxylic acids is 1. The summed E-state index contributed by atoms with van der Waals surface area (Å²) in [6.45, 7) is 4.96. The lowest BCUT2D eigenvalue weighted by atomic mass is 10.0. The maximum absolute atomic E-state index is 12.6. The monoisotopic (exact) mass is 454 g/mol. The molecule has 0 aliphatic heterocycles. The molecule has 2 rings (SSSR count).